The Labute approximate surface area is 171 Å². The summed E-state index contributed by atoms with van der Waals surface area (Å²) in [7, 11) is 0. The van der Waals surface area contributed by atoms with Gasteiger partial charge in [-0.25, -0.2) is 13.6 Å². The van der Waals surface area contributed by atoms with Crippen LogP contribution in [0, 0.1) is 11.6 Å². The Hall–Kier alpha value is -3.74. The summed E-state index contributed by atoms with van der Waals surface area (Å²) in [6.07, 6.45) is -0.0264. The second-order valence-corrected chi connectivity index (χ2v) is 6.65. The van der Waals surface area contributed by atoms with E-state index >= 15 is 0 Å². The molecule has 0 unspecified atom stereocenters. The zero-order chi connectivity index (χ0) is 21.5. The minimum Gasteiger partial charge on any atom is -0.489 e. The predicted molar refractivity (Wildman–Crippen MR) is 106 cm³/mol. The third-order valence-corrected chi connectivity index (χ3v) is 4.31. The Bertz CT molecular complexity index is 1020. The molecule has 0 fully saturated rings. The number of carboxylic acid groups (broad SMARTS) is 1. The fraction of sp³-hybridized carbons (Fsp3) is 0.130. The lowest BCUT2D eigenvalue weighted by molar-refractivity contribution is -0.139. The van der Waals surface area contributed by atoms with Gasteiger partial charge in [-0.2, -0.15) is 0 Å². The van der Waals surface area contributed by atoms with Crippen LogP contribution in [0.5, 0.6) is 5.75 Å². The predicted octanol–water partition coefficient (Wildman–Crippen LogP) is 3.97. The summed E-state index contributed by atoms with van der Waals surface area (Å²) in [6.45, 7) is 0.356. The van der Waals surface area contributed by atoms with E-state index in [2.05, 4.69) is 5.32 Å². The number of hydrogen-bond donors (Lipinski definition) is 2. The molecule has 0 bridgehead atoms. The topological polar surface area (TPSA) is 75.6 Å². The summed E-state index contributed by atoms with van der Waals surface area (Å²) in [4.78, 5) is 23.9. The van der Waals surface area contributed by atoms with E-state index in [-0.39, 0.29) is 12.0 Å². The summed E-state index contributed by atoms with van der Waals surface area (Å²) in [5, 5.41) is 11.8. The Kier molecular flexibility index (Phi) is 6.75. The van der Waals surface area contributed by atoms with Gasteiger partial charge in [0.1, 0.15) is 30.0 Å². The van der Waals surface area contributed by atoms with Crippen molar-refractivity contribution in [1.82, 2.24) is 5.32 Å². The van der Waals surface area contributed by atoms with Gasteiger partial charge in [-0.05, 0) is 35.4 Å². The van der Waals surface area contributed by atoms with Crippen molar-refractivity contribution in [3.8, 4) is 5.75 Å². The minimum absolute atomic E-state index is 0.0264. The number of nitrogens with one attached hydrogen (secondary N) is 1. The molecular formula is C23H19F2NO4. The SMILES string of the molecule is O=C(N[C@H](Cc1cccc(OCc2ccccc2)c1)C(=O)O)c1cc(F)cc(F)c1. The highest BCUT2D eigenvalue weighted by molar-refractivity contribution is 5.96. The molecule has 0 saturated carbocycles. The lowest BCUT2D eigenvalue weighted by Gasteiger charge is -2.15. The van der Waals surface area contributed by atoms with Crippen molar-refractivity contribution >= 4 is 11.9 Å². The molecule has 0 heterocycles. The van der Waals surface area contributed by atoms with E-state index < -0.39 is 29.6 Å². The highest BCUT2D eigenvalue weighted by Gasteiger charge is 2.22. The first-order valence-electron chi connectivity index (χ1n) is 9.16. The van der Waals surface area contributed by atoms with Gasteiger partial charge in [0.15, 0.2) is 0 Å². The van der Waals surface area contributed by atoms with E-state index in [1.165, 1.54) is 0 Å². The summed E-state index contributed by atoms with van der Waals surface area (Å²) in [5.41, 5.74) is 1.32. The van der Waals surface area contributed by atoms with Crippen molar-refractivity contribution in [1.29, 1.82) is 0 Å². The van der Waals surface area contributed by atoms with E-state index in [0.29, 0.717) is 24.0 Å². The normalized spacial score (nSPS) is 11.5. The standard InChI is InChI=1S/C23H19F2NO4/c24-18-11-17(12-19(25)13-18)22(27)26-21(23(28)29)10-16-7-4-8-20(9-16)30-14-15-5-2-1-3-6-15/h1-9,11-13,21H,10,14H2,(H,26,27)(H,28,29)/t21-/m1/s1. The molecule has 30 heavy (non-hydrogen) atoms. The molecule has 3 aromatic carbocycles. The van der Waals surface area contributed by atoms with Crippen LogP contribution in [-0.2, 0) is 17.8 Å². The van der Waals surface area contributed by atoms with Crippen molar-refractivity contribution < 1.29 is 28.2 Å². The lowest BCUT2D eigenvalue weighted by atomic mass is 10.0. The summed E-state index contributed by atoms with van der Waals surface area (Å²) >= 11 is 0. The number of rotatable bonds is 8. The van der Waals surface area contributed by atoms with Gasteiger partial charge in [0.2, 0.25) is 0 Å². The van der Waals surface area contributed by atoms with Crippen LogP contribution >= 0.6 is 0 Å². The lowest BCUT2D eigenvalue weighted by Crippen LogP contribution is -2.42. The van der Waals surface area contributed by atoms with Crippen LogP contribution in [-0.4, -0.2) is 23.0 Å². The molecular weight excluding hydrogens is 392 g/mol. The molecule has 0 aliphatic carbocycles. The van der Waals surface area contributed by atoms with Crippen molar-refractivity contribution in [2.45, 2.75) is 19.1 Å². The number of hydrogen-bond acceptors (Lipinski definition) is 3. The maximum absolute atomic E-state index is 13.3. The number of aliphatic carboxylic acids is 1. The largest absolute Gasteiger partial charge is 0.489 e. The molecule has 0 aliphatic heterocycles. The molecule has 5 nitrogen and oxygen atoms in total. The number of ether oxygens (including phenoxy) is 1. The Balaban J connectivity index is 1.67. The third kappa shape index (κ3) is 5.88. The van der Waals surface area contributed by atoms with Crippen molar-refractivity contribution in [3.05, 3.63) is 101 Å². The highest BCUT2D eigenvalue weighted by Crippen LogP contribution is 2.17. The number of benzene rings is 3. The van der Waals surface area contributed by atoms with Gasteiger partial charge in [0, 0.05) is 18.1 Å². The molecule has 0 aliphatic rings. The first kappa shape index (κ1) is 21.0. The van der Waals surface area contributed by atoms with Crippen LogP contribution in [0.15, 0.2) is 72.8 Å². The molecule has 0 radical (unpaired) electrons. The van der Waals surface area contributed by atoms with Crippen LogP contribution in [0.25, 0.3) is 0 Å². The Morgan fingerprint density at radius 1 is 0.900 bits per heavy atom. The maximum Gasteiger partial charge on any atom is 0.326 e. The molecule has 0 saturated heterocycles. The Morgan fingerprint density at radius 2 is 1.57 bits per heavy atom. The maximum atomic E-state index is 13.3. The highest BCUT2D eigenvalue weighted by atomic mass is 19.1. The number of halogens is 2. The van der Waals surface area contributed by atoms with Crippen LogP contribution in [0.1, 0.15) is 21.5 Å². The zero-order valence-corrected chi connectivity index (χ0v) is 15.8. The number of carbonyl (C=O) groups excluding carboxylic acids is 1. The van der Waals surface area contributed by atoms with E-state index in [1.54, 1.807) is 24.3 Å². The molecule has 3 aromatic rings. The van der Waals surface area contributed by atoms with Gasteiger partial charge >= 0.3 is 5.97 Å². The molecule has 1 atom stereocenters. The van der Waals surface area contributed by atoms with Crippen molar-refractivity contribution in [2.75, 3.05) is 0 Å². The van der Waals surface area contributed by atoms with Gasteiger partial charge in [-0.15, -0.1) is 0 Å². The number of carboxylic acids is 1. The summed E-state index contributed by atoms with van der Waals surface area (Å²) in [5.74, 6) is -3.43. The second-order valence-electron chi connectivity index (χ2n) is 6.65. The quantitative estimate of drug-likeness (QED) is 0.588. The summed E-state index contributed by atoms with van der Waals surface area (Å²) < 4.78 is 32.4. The van der Waals surface area contributed by atoms with Crippen LogP contribution in [0.3, 0.4) is 0 Å². The molecule has 0 spiro atoms. The van der Waals surface area contributed by atoms with Gasteiger partial charge in [-0.1, -0.05) is 42.5 Å². The molecule has 1 amide bonds. The van der Waals surface area contributed by atoms with Gasteiger partial charge in [0.05, 0.1) is 0 Å². The third-order valence-electron chi connectivity index (χ3n) is 4.31. The van der Waals surface area contributed by atoms with E-state index in [1.807, 2.05) is 30.3 Å². The average Bonchev–Trinajstić information content (AvgIpc) is 2.72. The minimum atomic E-state index is -1.28. The van der Waals surface area contributed by atoms with Crippen LogP contribution in [0.4, 0.5) is 8.78 Å². The molecule has 154 valence electrons. The van der Waals surface area contributed by atoms with E-state index in [9.17, 15) is 23.5 Å². The second kappa shape index (κ2) is 9.65. The zero-order valence-electron chi connectivity index (χ0n) is 15.8. The average molecular weight is 411 g/mol. The van der Waals surface area contributed by atoms with Crippen LogP contribution in [0.2, 0.25) is 0 Å². The molecule has 2 N–H and O–H groups in total. The Morgan fingerprint density at radius 3 is 2.23 bits per heavy atom. The van der Waals surface area contributed by atoms with Crippen LogP contribution < -0.4 is 10.1 Å². The van der Waals surface area contributed by atoms with Gasteiger partial charge in [-0.3, -0.25) is 4.79 Å². The van der Waals surface area contributed by atoms with E-state index in [0.717, 1.165) is 17.7 Å². The fourth-order valence-corrected chi connectivity index (χ4v) is 2.87. The van der Waals surface area contributed by atoms with Crippen molar-refractivity contribution in [2.24, 2.45) is 0 Å². The first-order chi connectivity index (χ1) is 14.4. The molecule has 7 heteroatoms. The monoisotopic (exact) mass is 411 g/mol. The smallest absolute Gasteiger partial charge is 0.326 e. The fourth-order valence-electron chi connectivity index (χ4n) is 2.87. The molecule has 3 rings (SSSR count). The molecule has 0 aromatic heterocycles. The van der Waals surface area contributed by atoms with Crippen molar-refractivity contribution in [3.63, 3.8) is 0 Å². The number of amides is 1. The van der Waals surface area contributed by atoms with Gasteiger partial charge in [0.25, 0.3) is 5.91 Å². The number of carbonyl (C=O) groups is 2. The van der Waals surface area contributed by atoms with Gasteiger partial charge < -0.3 is 15.2 Å². The first-order valence-corrected chi connectivity index (χ1v) is 9.16. The summed E-state index contributed by atoms with van der Waals surface area (Å²) in [6, 6.07) is 17.5. The van der Waals surface area contributed by atoms with E-state index in [4.69, 9.17) is 4.74 Å².